The molecule has 0 N–H and O–H groups in total. The summed E-state index contributed by atoms with van der Waals surface area (Å²) in [5.74, 6) is 0. The van der Waals surface area contributed by atoms with Gasteiger partial charge in [-0.15, -0.1) is 0 Å². The van der Waals surface area contributed by atoms with E-state index in [1.54, 1.807) is 36.4 Å². The third kappa shape index (κ3) is 4.37. The molecule has 0 aliphatic carbocycles. The molecule has 0 saturated carbocycles. The number of carbonyl (C=O) groups excluding carboxylic acids is 2. The van der Waals surface area contributed by atoms with Crippen molar-refractivity contribution in [3.63, 3.8) is 0 Å². The summed E-state index contributed by atoms with van der Waals surface area (Å²) in [5.41, 5.74) is 0.819. The van der Waals surface area contributed by atoms with Crippen molar-refractivity contribution in [2.24, 2.45) is 0 Å². The fourth-order valence-electron chi connectivity index (χ4n) is 1.29. The van der Waals surface area contributed by atoms with Crippen molar-refractivity contribution in [2.75, 3.05) is 0 Å². The van der Waals surface area contributed by atoms with Gasteiger partial charge in [0, 0.05) is 0 Å². The van der Waals surface area contributed by atoms with Gasteiger partial charge in [-0.2, -0.15) is 10.5 Å². The van der Waals surface area contributed by atoms with Crippen molar-refractivity contribution < 1.29 is 9.59 Å². The van der Waals surface area contributed by atoms with E-state index in [1.165, 1.54) is 12.2 Å². The Kier molecular flexibility index (Phi) is 5.68. The molecule has 1 rings (SSSR count). The first-order valence-electron chi connectivity index (χ1n) is 5.21. The van der Waals surface area contributed by atoms with E-state index in [4.69, 9.17) is 33.7 Å². The van der Waals surface area contributed by atoms with Crippen LogP contribution in [0.3, 0.4) is 0 Å². The van der Waals surface area contributed by atoms with Crippen molar-refractivity contribution in [1.82, 2.24) is 0 Å². The Morgan fingerprint density at radius 1 is 0.850 bits per heavy atom. The molecule has 0 bridgehead atoms. The number of nitriles is 2. The van der Waals surface area contributed by atoms with Crippen LogP contribution in [-0.2, 0) is 9.59 Å². The number of hydrogen-bond acceptors (Lipinski definition) is 4. The molecule has 0 aliphatic heterocycles. The van der Waals surface area contributed by atoms with Crippen molar-refractivity contribution in [1.29, 1.82) is 10.5 Å². The van der Waals surface area contributed by atoms with E-state index in [0.717, 1.165) is 0 Å². The molecule has 98 valence electrons. The quantitative estimate of drug-likeness (QED) is 0.486. The molecule has 1 aromatic rings. The predicted octanol–water partition coefficient (Wildman–Crippen LogP) is 3.03. The first kappa shape index (κ1) is 15.7. The van der Waals surface area contributed by atoms with Gasteiger partial charge in [0.1, 0.15) is 23.3 Å². The summed E-state index contributed by atoms with van der Waals surface area (Å²) >= 11 is 10.4. The van der Waals surface area contributed by atoms with E-state index in [-0.39, 0.29) is 11.1 Å². The number of allylic oxidation sites excluding steroid dienone is 2. The summed E-state index contributed by atoms with van der Waals surface area (Å²) in [6.45, 7) is 0. The molecule has 0 heterocycles. The number of nitrogens with zero attached hydrogens (tertiary/aromatic N) is 2. The Morgan fingerprint density at radius 2 is 1.15 bits per heavy atom. The zero-order valence-electron chi connectivity index (χ0n) is 9.93. The van der Waals surface area contributed by atoms with Crippen LogP contribution in [-0.4, -0.2) is 10.5 Å². The molecule has 0 radical (unpaired) electrons. The van der Waals surface area contributed by atoms with Gasteiger partial charge < -0.3 is 0 Å². The first-order valence-corrected chi connectivity index (χ1v) is 5.97. The summed E-state index contributed by atoms with van der Waals surface area (Å²) in [4.78, 5) is 21.8. The second-order valence-corrected chi connectivity index (χ2v) is 4.24. The molecule has 0 fully saturated rings. The predicted molar refractivity (Wildman–Crippen MR) is 75.3 cm³/mol. The molecule has 0 aromatic heterocycles. The van der Waals surface area contributed by atoms with Crippen LogP contribution in [0.2, 0.25) is 0 Å². The van der Waals surface area contributed by atoms with Gasteiger partial charge in [-0.3, -0.25) is 9.59 Å². The van der Waals surface area contributed by atoms with Crippen LogP contribution in [0, 0.1) is 22.7 Å². The van der Waals surface area contributed by atoms with Crippen LogP contribution in [0.15, 0.2) is 35.4 Å². The topological polar surface area (TPSA) is 81.7 Å². The Balaban J connectivity index is 3.08. The number of rotatable bonds is 4. The maximum atomic E-state index is 10.9. The average Bonchev–Trinajstić information content (AvgIpc) is 2.42. The zero-order chi connectivity index (χ0) is 15.1. The lowest BCUT2D eigenvalue weighted by atomic mass is 10.1. The molecular formula is C14H6Cl2N2O2. The van der Waals surface area contributed by atoms with Gasteiger partial charge in [0.2, 0.25) is 0 Å². The molecule has 0 spiro atoms. The number of hydrogen-bond donors (Lipinski definition) is 0. The number of benzene rings is 1. The van der Waals surface area contributed by atoms with Crippen molar-refractivity contribution in [2.45, 2.75) is 0 Å². The summed E-state index contributed by atoms with van der Waals surface area (Å²) in [6.07, 6.45) is 2.67. The highest BCUT2D eigenvalue weighted by Gasteiger charge is 2.06. The molecule has 1 aromatic carbocycles. The minimum Gasteiger partial charge on any atom is -0.275 e. The number of halogens is 2. The fourth-order valence-corrected chi connectivity index (χ4v) is 1.48. The van der Waals surface area contributed by atoms with E-state index in [9.17, 15) is 9.59 Å². The number of carbonyl (C=O) groups is 2. The van der Waals surface area contributed by atoms with Crippen LogP contribution in [0.25, 0.3) is 12.2 Å². The molecule has 6 heteroatoms. The van der Waals surface area contributed by atoms with Crippen LogP contribution in [0.5, 0.6) is 0 Å². The van der Waals surface area contributed by atoms with E-state index in [0.29, 0.717) is 11.1 Å². The Labute approximate surface area is 125 Å². The fraction of sp³-hybridized carbons (Fsp3) is 0. The smallest absolute Gasteiger partial charge is 0.262 e. The SMILES string of the molecule is N#C/C(=C/c1ccc(/C=C(/C#N)C(=O)Cl)cc1)C(=O)Cl. The van der Waals surface area contributed by atoms with E-state index < -0.39 is 10.5 Å². The summed E-state index contributed by atoms with van der Waals surface area (Å²) in [5, 5.41) is 15.7. The Hall–Kier alpha value is -2.40. The van der Waals surface area contributed by atoms with Gasteiger partial charge in [0.05, 0.1) is 0 Å². The van der Waals surface area contributed by atoms with Gasteiger partial charge in [-0.05, 0) is 46.5 Å². The lowest BCUT2D eigenvalue weighted by Crippen LogP contribution is -1.90. The van der Waals surface area contributed by atoms with Crippen molar-refractivity contribution in [3.8, 4) is 12.1 Å². The van der Waals surface area contributed by atoms with E-state index in [1.807, 2.05) is 0 Å². The maximum absolute atomic E-state index is 10.9. The van der Waals surface area contributed by atoms with Gasteiger partial charge in [-0.1, -0.05) is 24.3 Å². The standard InChI is InChI=1S/C14H6Cl2N2O2/c15-13(19)11(7-17)5-9-1-2-10(4-3-9)6-12(8-18)14(16)20/h1-6H/b11-5-,12-6-. The minimum atomic E-state index is -0.837. The summed E-state index contributed by atoms with van der Waals surface area (Å²) in [7, 11) is 0. The molecule has 20 heavy (non-hydrogen) atoms. The maximum Gasteiger partial charge on any atom is 0.262 e. The molecule has 0 amide bonds. The summed E-state index contributed by atoms with van der Waals surface area (Å²) in [6, 6.07) is 9.80. The monoisotopic (exact) mass is 304 g/mol. The molecule has 0 unspecified atom stereocenters. The van der Waals surface area contributed by atoms with Crippen LogP contribution in [0.4, 0.5) is 0 Å². The minimum absolute atomic E-state index is 0.177. The van der Waals surface area contributed by atoms with Gasteiger partial charge in [0.15, 0.2) is 0 Å². The third-order valence-corrected chi connectivity index (χ3v) is 2.63. The second kappa shape index (κ2) is 7.25. The molecular weight excluding hydrogens is 299 g/mol. The molecule has 0 saturated heterocycles. The Morgan fingerprint density at radius 3 is 1.35 bits per heavy atom. The lowest BCUT2D eigenvalue weighted by Gasteiger charge is -1.97. The van der Waals surface area contributed by atoms with Gasteiger partial charge >= 0.3 is 0 Å². The van der Waals surface area contributed by atoms with Crippen LogP contribution < -0.4 is 0 Å². The van der Waals surface area contributed by atoms with Crippen molar-refractivity contribution in [3.05, 3.63) is 46.5 Å². The largest absolute Gasteiger partial charge is 0.275 e. The van der Waals surface area contributed by atoms with Crippen LogP contribution >= 0.6 is 23.2 Å². The third-order valence-electron chi connectivity index (χ3n) is 2.22. The first-order chi connectivity index (χ1) is 9.47. The second-order valence-electron chi connectivity index (χ2n) is 3.55. The highest BCUT2D eigenvalue weighted by atomic mass is 35.5. The lowest BCUT2D eigenvalue weighted by molar-refractivity contribution is -0.108. The summed E-state index contributed by atoms with van der Waals surface area (Å²) < 4.78 is 0. The molecule has 0 atom stereocenters. The van der Waals surface area contributed by atoms with Crippen LogP contribution in [0.1, 0.15) is 11.1 Å². The highest BCUT2D eigenvalue weighted by Crippen LogP contribution is 2.13. The zero-order valence-corrected chi connectivity index (χ0v) is 11.4. The average molecular weight is 305 g/mol. The van der Waals surface area contributed by atoms with E-state index >= 15 is 0 Å². The van der Waals surface area contributed by atoms with Gasteiger partial charge in [-0.25, -0.2) is 0 Å². The molecule has 0 aliphatic rings. The Bertz CT molecular complexity index is 628. The highest BCUT2D eigenvalue weighted by molar-refractivity contribution is 6.69. The van der Waals surface area contributed by atoms with Gasteiger partial charge in [0.25, 0.3) is 10.5 Å². The van der Waals surface area contributed by atoms with E-state index in [2.05, 4.69) is 0 Å². The normalized spacial score (nSPS) is 11.4. The van der Waals surface area contributed by atoms with Crippen molar-refractivity contribution >= 4 is 45.8 Å². The molecule has 4 nitrogen and oxygen atoms in total.